The standard InChI is InChI=1S/C14H12ClN3/c15-13-8-12(9-16)10-18-14(13)17-7-6-11-4-2-1-3-5-11/h1-5,8,10H,6-7H2,(H,17,18). The van der Waals surface area contributed by atoms with Crippen molar-refractivity contribution >= 4 is 17.4 Å². The van der Waals surface area contributed by atoms with Gasteiger partial charge in [-0.25, -0.2) is 4.98 Å². The number of benzene rings is 1. The van der Waals surface area contributed by atoms with E-state index in [2.05, 4.69) is 22.4 Å². The van der Waals surface area contributed by atoms with Gasteiger partial charge in [0.25, 0.3) is 0 Å². The van der Waals surface area contributed by atoms with Gasteiger partial charge in [0.1, 0.15) is 11.9 Å². The molecule has 0 radical (unpaired) electrons. The highest BCUT2D eigenvalue weighted by molar-refractivity contribution is 6.33. The molecule has 0 fully saturated rings. The number of pyridine rings is 1. The van der Waals surface area contributed by atoms with Crippen molar-refractivity contribution < 1.29 is 0 Å². The Morgan fingerprint density at radius 1 is 1.28 bits per heavy atom. The molecule has 0 spiro atoms. The SMILES string of the molecule is N#Cc1cnc(NCCc2ccccc2)c(Cl)c1. The molecule has 0 saturated heterocycles. The van der Waals surface area contributed by atoms with Crippen molar-refractivity contribution in [3.05, 3.63) is 58.7 Å². The molecule has 0 unspecified atom stereocenters. The topological polar surface area (TPSA) is 48.7 Å². The number of aromatic nitrogens is 1. The molecule has 1 N–H and O–H groups in total. The summed E-state index contributed by atoms with van der Waals surface area (Å²) in [5, 5.41) is 12.3. The summed E-state index contributed by atoms with van der Waals surface area (Å²) in [5.74, 6) is 0.617. The highest BCUT2D eigenvalue weighted by Gasteiger charge is 2.02. The quantitative estimate of drug-likeness (QED) is 0.915. The second-order valence-corrected chi connectivity index (χ2v) is 4.24. The molecule has 0 atom stereocenters. The summed E-state index contributed by atoms with van der Waals surface area (Å²) >= 11 is 6.01. The average molecular weight is 258 g/mol. The number of hydrogen-bond acceptors (Lipinski definition) is 3. The summed E-state index contributed by atoms with van der Waals surface area (Å²) in [6.07, 6.45) is 2.41. The fourth-order valence-electron chi connectivity index (χ4n) is 1.60. The van der Waals surface area contributed by atoms with E-state index in [1.54, 1.807) is 6.07 Å². The monoisotopic (exact) mass is 257 g/mol. The normalized spacial score (nSPS) is 9.78. The molecule has 90 valence electrons. The van der Waals surface area contributed by atoms with Gasteiger partial charge in [0.15, 0.2) is 0 Å². The minimum absolute atomic E-state index is 0.466. The summed E-state index contributed by atoms with van der Waals surface area (Å²) in [6.45, 7) is 0.753. The van der Waals surface area contributed by atoms with E-state index in [1.165, 1.54) is 11.8 Å². The lowest BCUT2D eigenvalue weighted by Gasteiger charge is -2.07. The van der Waals surface area contributed by atoms with Crippen molar-refractivity contribution in [2.45, 2.75) is 6.42 Å². The average Bonchev–Trinajstić information content (AvgIpc) is 2.42. The van der Waals surface area contributed by atoms with Crippen LogP contribution in [0.1, 0.15) is 11.1 Å². The van der Waals surface area contributed by atoms with Gasteiger partial charge < -0.3 is 5.32 Å². The Morgan fingerprint density at radius 2 is 2.06 bits per heavy atom. The number of rotatable bonds is 4. The number of nitrogens with zero attached hydrogens (tertiary/aromatic N) is 2. The van der Waals surface area contributed by atoms with Crippen LogP contribution in [0.2, 0.25) is 5.02 Å². The highest BCUT2D eigenvalue weighted by atomic mass is 35.5. The number of anilines is 1. The van der Waals surface area contributed by atoms with Crippen LogP contribution in [-0.4, -0.2) is 11.5 Å². The third-order valence-electron chi connectivity index (χ3n) is 2.52. The van der Waals surface area contributed by atoms with Crippen molar-refractivity contribution in [3.8, 4) is 6.07 Å². The molecule has 0 bridgehead atoms. The zero-order valence-corrected chi connectivity index (χ0v) is 10.5. The molecule has 1 heterocycles. The second-order valence-electron chi connectivity index (χ2n) is 3.83. The molecular weight excluding hydrogens is 246 g/mol. The summed E-state index contributed by atoms with van der Waals surface area (Å²) in [5.41, 5.74) is 1.73. The van der Waals surface area contributed by atoms with Crippen molar-refractivity contribution in [1.29, 1.82) is 5.26 Å². The Balaban J connectivity index is 1.93. The third-order valence-corrected chi connectivity index (χ3v) is 2.81. The molecule has 1 aromatic carbocycles. The van der Waals surface area contributed by atoms with Gasteiger partial charge in [-0.1, -0.05) is 41.9 Å². The van der Waals surface area contributed by atoms with Crippen LogP contribution in [0.3, 0.4) is 0 Å². The molecular formula is C14H12ClN3. The van der Waals surface area contributed by atoms with Gasteiger partial charge >= 0.3 is 0 Å². The molecule has 0 amide bonds. The lowest BCUT2D eigenvalue weighted by atomic mass is 10.1. The lowest BCUT2D eigenvalue weighted by molar-refractivity contribution is 1.01. The van der Waals surface area contributed by atoms with E-state index >= 15 is 0 Å². The number of nitriles is 1. The van der Waals surface area contributed by atoms with Crippen LogP contribution in [0.15, 0.2) is 42.6 Å². The Hall–Kier alpha value is -2.05. The van der Waals surface area contributed by atoms with Crippen LogP contribution >= 0.6 is 11.6 Å². The molecule has 1 aromatic heterocycles. The predicted molar refractivity (Wildman–Crippen MR) is 72.6 cm³/mol. The summed E-state index contributed by atoms with van der Waals surface area (Å²) < 4.78 is 0. The van der Waals surface area contributed by atoms with E-state index in [0.29, 0.717) is 16.4 Å². The van der Waals surface area contributed by atoms with E-state index in [4.69, 9.17) is 16.9 Å². The van der Waals surface area contributed by atoms with E-state index in [0.717, 1.165) is 13.0 Å². The largest absolute Gasteiger partial charge is 0.369 e. The fourth-order valence-corrected chi connectivity index (χ4v) is 1.83. The van der Waals surface area contributed by atoms with Gasteiger partial charge in [-0.15, -0.1) is 0 Å². The van der Waals surface area contributed by atoms with Crippen LogP contribution in [0.5, 0.6) is 0 Å². The minimum Gasteiger partial charge on any atom is -0.369 e. The van der Waals surface area contributed by atoms with Crippen molar-refractivity contribution in [2.75, 3.05) is 11.9 Å². The van der Waals surface area contributed by atoms with Crippen molar-refractivity contribution in [2.24, 2.45) is 0 Å². The third kappa shape index (κ3) is 3.22. The van der Waals surface area contributed by atoms with Crippen molar-refractivity contribution in [1.82, 2.24) is 4.98 Å². The van der Waals surface area contributed by atoms with Gasteiger partial charge in [0.2, 0.25) is 0 Å². The Morgan fingerprint density at radius 3 is 2.72 bits per heavy atom. The first kappa shape index (κ1) is 12.4. The zero-order valence-electron chi connectivity index (χ0n) is 9.73. The molecule has 2 aromatic rings. The van der Waals surface area contributed by atoms with Gasteiger partial charge in [0.05, 0.1) is 10.6 Å². The van der Waals surface area contributed by atoms with E-state index in [-0.39, 0.29) is 0 Å². The predicted octanol–water partition coefficient (Wildman–Crippen LogP) is 3.26. The van der Waals surface area contributed by atoms with Gasteiger partial charge in [-0.2, -0.15) is 5.26 Å². The molecule has 18 heavy (non-hydrogen) atoms. The highest BCUT2D eigenvalue weighted by Crippen LogP contribution is 2.19. The van der Waals surface area contributed by atoms with E-state index in [1.807, 2.05) is 24.3 Å². The zero-order chi connectivity index (χ0) is 12.8. The summed E-state index contributed by atoms with van der Waals surface area (Å²) in [6, 6.07) is 13.8. The molecule has 0 aliphatic rings. The fraction of sp³-hybridized carbons (Fsp3) is 0.143. The Bertz CT molecular complexity index is 561. The first-order valence-corrected chi connectivity index (χ1v) is 6.01. The lowest BCUT2D eigenvalue weighted by Crippen LogP contribution is -2.06. The maximum atomic E-state index is 8.71. The second kappa shape index (κ2) is 6.04. The van der Waals surface area contributed by atoms with Crippen LogP contribution in [0.25, 0.3) is 0 Å². The minimum atomic E-state index is 0.466. The Kier molecular flexibility index (Phi) is 4.16. The maximum Gasteiger partial charge on any atom is 0.144 e. The van der Waals surface area contributed by atoms with Gasteiger partial charge in [0, 0.05) is 12.7 Å². The number of hydrogen-bond donors (Lipinski definition) is 1. The molecule has 4 heteroatoms. The molecule has 0 aliphatic heterocycles. The maximum absolute atomic E-state index is 8.71. The summed E-state index contributed by atoms with van der Waals surface area (Å²) in [4.78, 5) is 4.11. The molecule has 3 nitrogen and oxygen atoms in total. The van der Waals surface area contributed by atoms with Crippen LogP contribution in [-0.2, 0) is 6.42 Å². The molecule has 0 saturated carbocycles. The Labute approximate surface area is 111 Å². The van der Waals surface area contributed by atoms with Crippen LogP contribution in [0, 0.1) is 11.3 Å². The summed E-state index contributed by atoms with van der Waals surface area (Å²) in [7, 11) is 0. The van der Waals surface area contributed by atoms with E-state index < -0.39 is 0 Å². The van der Waals surface area contributed by atoms with Crippen molar-refractivity contribution in [3.63, 3.8) is 0 Å². The van der Waals surface area contributed by atoms with Crippen LogP contribution < -0.4 is 5.32 Å². The smallest absolute Gasteiger partial charge is 0.144 e. The first-order valence-electron chi connectivity index (χ1n) is 5.63. The number of nitrogens with one attached hydrogen (secondary N) is 1. The molecule has 2 rings (SSSR count). The first-order chi connectivity index (χ1) is 8.79. The molecule has 0 aliphatic carbocycles. The van der Waals surface area contributed by atoms with Gasteiger partial charge in [-0.3, -0.25) is 0 Å². The van der Waals surface area contributed by atoms with E-state index in [9.17, 15) is 0 Å². The van der Waals surface area contributed by atoms with Crippen LogP contribution in [0.4, 0.5) is 5.82 Å². The van der Waals surface area contributed by atoms with Gasteiger partial charge in [-0.05, 0) is 18.1 Å². The number of halogens is 1.